The van der Waals surface area contributed by atoms with Crippen LogP contribution in [-0.4, -0.2) is 30.8 Å². The third-order valence-electron chi connectivity index (χ3n) is 3.96. The third kappa shape index (κ3) is 8.15. The predicted octanol–water partition coefficient (Wildman–Crippen LogP) is 4.21. The molecule has 2 aromatic rings. The Morgan fingerprint density at radius 2 is 1.76 bits per heavy atom. The molecule has 6 nitrogen and oxygen atoms in total. The van der Waals surface area contributed by atoms with Gasteiger partial charge in [-0.3, -0.25) is 4.79 Å². The van der Waals surface area contributed by atoms with E-state index in [0.717, 1.165) is 21.3 Å². The highest BCUT2D eigenvalue weighted by Crippen LogP contribution is 2.15. The lowest BCUT2D eigenvalue weighted by Gasteiger charge is -2.23. The summed E-state index contributed by atoms with van der Waals surface area (Å²) < 4.78 is 11.4. The van der Waals surface area contributed by atoms with Crippen LogP contribution in [0.2, 0.25) is 0 Å². The summed E-state index contributed by atoms with van der Waals surface area (Å²) in [6.07, 6.45) is -0.287. The smallest absolute Gasteiger partial charge is 0.408 e. The summed E-state index contributed by atoms with van der Waals surface area (Å²) in [5.74, 6) is 0.464. The summed E-state index contributed by atoms with van der Waals surface area (Å²) in [4.78, 5) is 25.1. The lowest BCUT2D eigenvalue weighted by molar-refractivity contribution is -0.123. The van der Waals surface area contributed by atoms with Crippen LogP contribution in [0.15, 0.2) is 53.0 Å². The van der Waals surface area contributed by atoms with Crippen molar-refractivity contribution in [3.8, 4) is 5.75 Å². The molecule has 0 saturated carbocycles. The van der Waals surface area contributed by atoms with E-state index in [9.17, 15) is 9.59 Å². The molecule has 0 unspecified atom stereocenters. The van der Waals surface area contributed by atoms with Crippen LogP contribution in [0.3, 0.4) is 0 Å². The number of halogens is 1. The highest BCUT2D eigenvalue weighted by molar-refractivity contribution is 9.10. The van der Waals surface area contributed by atoms with Crippen LogP contribution >= 0.6 is 15.9 Å². The van der Waals surface area contributed by atoms with Crippen LogP contribution in [0, 0.1) is 0 Å². The van der Waals surface area contributed by atoms with Crippen molar-refractivity contribution >= 4 is 27.9 Å². The van der Waals surface area contributed by atoms with Gasteiger partial charge < -0.3 is 20.1 Å². The van der Waals surface area contributed by atoms with Crippen LogP contribution in [0.4, 0.5) is 4.79 Å². The van der Waals surface area contributed by atoms with Gasteiger partial charge in [0.1, 0.15) is 17.4 Å². The molecular weight excluding hydrogens is 436 g/mol. The second-order valence-electron chi connectivity index (χ2n) is 7.60. The fraction of sp³-hybridized carbons (Fsp3) is 0.364. The molecule has 0 aliphatic heterocycles. The Kier molecular flexibility index (Phi) is 8.08. The van der Waals surface area contributed by atoms with Gasteiger partial charge in [0.2, 0.25) is 5.91 Å². The van der Waals surface area contributed by atoms with Crippen molar-refractivity contribution in [3.63, 3.8) is 0 Å². The molecule has 1 atom stereocenters. The van der Waals surface area contributed by atoms with Gasteiger partial charge in [-0.15, -0.1) is 0 Å². The van der Waals surface area contributed by atoms with E-state index < -0.39 is 17.7 Å². The lowest BCUT2D eigenvalue weighted by Crippen LogP contribution is -2.49. The number of carbonyl (C=O) groups is 2. The first-order chi connectivity index (χ1) is 13.7. The van der Waals surface area contributed by atoms with Gasteiger partial charge in [0, 0.05) is 17.4 Å². The monoisotopic (exact) mass is 462 g/mol. The maximum Gasteiger partial charge on any atom is 0.408 e. The molecule has 0 bridgehead atoms. The minimum Gasteiger partial charge on any atom is -0.497 e. The van der Waals surface area contributed by atoms with E-state index in [1.54, 1.807) is 27.9 Å². The number of ether oxygens (including phenoxy) is 2. The SMILES string of the molecule is COc1ccc(CNC(=O)[C@H](Cc2cccc(Br)c2)NC(=O)OC(C)(C)C)cc1. The summed E-state index contributed by atoms with van der Waals surface area (Å²) in [5.41, 5.74) is 1.20. The number of alkyl carbamates (subject to hydrolysis) is 1. The van der Waals surface area contributed by atoms with Crippen LogP contribution in [0.1, 0.15) is 31.9 Å². The Morgan fingerprint density at radius 3 is 2.34 bits per heavy atom. The van der Waals surface area contributed by atoms with Crippen molar-refractivity contribution in [2.24, 2.45) is 0 Å². The highest BCUT2D eigenvalue weighted by Gasteiger charge is 2.24. The van der Waals surface area contributed by atoms with E-state index in [1.165, 1.54) is 0 Å². The Labute approximate surface area is 180 Å². The molecule has 0 heterocycles. The largest absolute Gasteiger partial charge is 0.497 e. The first-order valence-electron chi connectivity index (χ1n) is 9.31. The lowest BCUT2D eigenvalue weighted by atomic mass is 10.1. The molecule has 156 valence electrons. The fourth-order valence-electron chi connectivity index (χ4n) is 2.61. The average molecular weight is 463 g/mol. The fourth-order valence-corrected chi connectivity index (χ4v) is 3.06. The summed E-state index contributed by atoms with van der Waals surface area (Å²) in [6, 6.07) is 14.3. The molecular formula is C22H27BrN2O4. The summed E-state index contributed by atoms with van der Waals surface area (Å²) in [5, 5.41) is 5.57. The average Bonchev–Trinajstić information content (AvgIpc) is 2.64. The quantitative estimate of drug-likeness (QED) is 0.645. The maximum absolute atomic E-state index is 12.8. The number of amides is 2. The molecule has 0 aromatic heterocycles. The number of hydrogen-bond acceptors (Lipinski definition) is 4. The number of hydrogen-bond donors (Lipinski definition) is 2. The van der Waals surface area contributed by atoms with Crippen molar-refractivity contribution in [2.45, 2.75) is 45.4 Å². The van der Waals surface area contributed by atoms with Gasteiger partial charge in [0.25, 0.3) is 0 Å². The van der Waals surface area contributed by atoms with E-state index >= 15 is 0 Å². The van der Waals surface area contributed by atoms with Crippen molar-refractivity contribution in [1.29, 1.82) is 0 Å². The molecule has 2 amide bonds. The summed E-state index contributed by atoms with van der Waals surface area (Å²) in [6.45, 7) is 5.67. The Bertz CT molecular complexity index is 831. The van der Waals surface area contributed by atoms with Gasteiger partial charge in [-0.1, -0.05) is 40.2 Å². The standard InChI is InChI=1S/C22H27BrN2O4/c1-22(2,3)29-21(27)25-19(13-16-6-5-7-17(23)12-16)20(26)24-14-15-8-10-18(28-4)11-9-15/h5-12,19H,13-14H2,1-4H3,(H,24,26)(H,25,27)/t19-/m0/s1. The zero-order valence-electron chi connectivity index (χ0n) is 17.1. The van der Waals surface area contributed by atoms with Crippen LogP contribution in [-0.2, 0) is 22.5 Å². The van der Waals surface area contributed by atoms with Crippen molar-refractivity contribution in [1.82, 2.24) is 10.6 Å². The van der Waals surface area contributed by atoms with Gasteiger partial charge in [-0.25, -0.2) is 4.79 Å². The summed E-state index contributed by atoms with van der Waals surface area (Å²) in [7, 11) is 1.60. The molecule has 0 radical (unpaired) electrons. The minimum absolute atomic E-state index is 0.286. The van der Waals surface area contributed by atoms with Gasteiger partial charge >= 0.3 is 6.09 Å². The Hall–Kier alpha value is -2.54. The van der Waals surface area contributed by atoms with E-state index in [4.69, 9.17) is 9.47 Å². The second-order valence-corrected chi connectivity index (χ2v) is 8.51. The number of nitrogens with one attached hydrogen (secondary N) is 2. The van der Waals surface area contributed by atoms with Crippen LogP contribution in [0.5, 0.6) is 5.75 Å². The Balaban J connectivity index is 2.07. The number of rotatable bonds is 7. The first-order valence-corrected chi connectivity index (χ1v) is 10.1. The molecule has 0 spiro atoms. The Morgan fingerprint density at radius 1 is 1.07 bits per heavy atom. The molecule has 0 aliphatic rings. The molecule has 0 aliphatic carbocycles. The molecule has 0 fully saturated rings. The third-order valence-corrected chi connectivity index (χ3v) is 4.46. The van der Waals surface area contributed by atoms with Gasteiger partial charge in [-0.2, -0.15) is 0 Å². The van der Waals surface area contributed by atoms with Gasteiger partial charge in [0.15, 0.2) is 0 Å². The molecule has 2 rings (SSSR count). The summed E-state index contributed by atoms with van der Waals surface area (Å²) >= 11 is 3.43. The van der Waals surface area contributed by atoms with Crippen LogP contribution < -0.4 is 15.4 Å². The number of benzene rings is 2. The maximum atomic E-state index is 12.8. The molecule has 0 saturated heterocycles. The molecule has 7 heteroatoms. The van der Waals surface area contributed by atoms with Crippen molar-refractivity contribution in [3.05, 3.63) is 64.1 Å². The molecule has 29 heavy (non-hydrogen) atoms. The van der Waals surface area contributed by atoms with E-state index in [-0.39, 0.29) is 5.91 Å². The van der Waals surface area contributed by atoms with Crippen LogP contribution in [0.25, 0.3) is 0 Å². The number of methoxy groups -OCH3 is 1. The normalized spacial score (nSPS) is 12.0. The van der Waals surface area contributed by atoms with Gasteiger partial charge in [0.05, 0.1) is 7.11 Å². The van der Waals surface area contributed by atoms with E-state index in [1.807, 2.05) is 48.5 Å². The zero-order chi connectivity index (χ0) is 21.4. The van der Waals surface area contributed by atoms with Gasteiger partial charge in [-0.05, 0) is 56.2 Å². The first kappa shape index (κ1) is 22.7. The van der Waals surface area contributed by atoms with Crippen molar-refractivity contribution < 1.29 is 19.1 Å². The second kappa shape index (κ2) is 10.3. The number of carbonyl (C=O) groups excluding carboxylic acids is 2. The molecule has 2 aromatic carbocycles. The zero-order valence-corrected chi connectivity index (χ0v) is 18.7. The van der Waals surface area contributed by atoms with Crippen molar-refractivity contribution in [2.75, 3.05) is 7.11 Å². The van der Waals surface area contributed by atoms with E-state index in [0.29, 0.717) is 13.0 Å². The molecule has 2 N–H and O–H groups in total. The topological polar surface area (TPSA) is 76.7 Å². The van der Waals surface area contributed by atoms with E-state index in [2.05, 4.69) is 26.6 Å². The highest BCUT2D eigenvalue weighted by atomic mass is 79.9. The predicted molar refractivity (Wildman–Crippen MR) is 116 cm³/mol. The minimum atomic E-state index is -0.766.